The number of nitrogens with one attached hydrogen (secondary N) is 2. The molecule has 11 N–H and O–H groups in total. The lowest BCUT2D eigenvalue weighted by molar-refractivity contribution is -0.139. The fourth-order valence-corrected chi connectivity index (χ4v) is 4.32. The number of primary amides is 1. The SMILES string of the molecule is NCCCC[C@H](NC(=O)[C@@H]1CCCN1C(=O)Cc1ccc(O)cc1)C(=O)N[C@@H](CCCN=C(N)N)C(N)=O. The second kappa shape index (κ2) is 15.4. The predicted molar refractivity (Wildman–Crippen MR) is 142 cm³/mol. The summed E-state index contributed by atoms with van der Waals surface area (Å²) in [5.74, 6) is -1.87. The monoisotopic (exact) mass is 532 g/mol. The molecule has 1 aliphatic heterocycles. The van der Waals surface area contributed by atoms with E-state index in [1.54, 1.807) is 12.1 Å². The molecule has 210 valence electrons. The summed E-state index contributed by atoms with van der Waals surface area (Å²) in [5.41, 5.74) is 22.4. The minimum Gasteiger partial charge on any atom is -0.508 e. The van der Waals surface area contributed by atoms with Crippen molar-refractivity contribution >= 4 is 29.6 Å². The number of guanidine groups is 1. The van der Waals surface area contributed by atoms with E-state index in [2.05, 4.69) is 15.6 Å². The molecule has 0 unspecified atom stereocenters. The van der Waals surface area contributed by atoms with Crippen LogP contribution in [-0.4, -0.2) is 77.4 Å². The van der Waals surface area contributed by atoms with Gasteiger partial charge in [-0.05, 0) is 69.2 Å². The Morgan fingerprint density at radius 3 is 2.32 bits per heavy atom. The van der Waals surface area contributed by atoms with E-state index in [0.717, 1.165) is 5.56 Å². The van der Waals surface area contributed by atoms with Crippen LogP contribution in [0.25, 0.3) is 0 Å². The summed E-state index contributed by atoms with van der Waals surface area (Å²) >= 11 is 0. The molecule has 1 aliphatic rings. The third-order valence-electron chi connectivity index (χ3n) is 6.35. The van der Waals surface area contributed by atoms with Crippen LogP contribution in [-0.2, 0) is 25.6 Å². The molecule has 0 aliphatic carbocycles. The minimum absolute atomic E-state index is 0.0742. The van der Waals surface area contributed by atoms with E-state index in [1.165, 1.54) is 17.0 Å². The molecule has 4 amide bonds. The van der Waals surface area contributed by atoms with Crippen molar-refractivity contribution in [3.63, 3.8) is 0 Å². The van der Waals surface area contributed by atoms with Crippen molar-refractivity contribution < 1.29 is 24.3 Å². The zero-order valence-electron chi connectivity index (χ0n) is 21.6. The number of nitrogens with zero attached hydrogens (tertiary/aromatic N) is 2. The highest BCUT2D eigenvalue weighted by Crippen LogP contribution is 2.20. The zero-order valence-corrected chi connectivity index (χ0v) is 21.6. The Balaban J connectivity index is 2.04. The molecule has 0 spiro atoms. The molecule has 13 heteroatoms. The number of benzene rings is 1. The number of likely N-dealkylation sites (tertiary alicyclic amines) is 1. The third kappa shape index (κ3) is 9.88. The van der Waals surface area contributed by atoms with Gasteiger partial charge in [0.25, 0.3) is 0 Å². The topological polar surface area (TPSA) is 232 Å². The largest absolute Gasteiger partial charge is 0.508 e. The smallest absolute Gasteiger partial charge is 0.243 e. The number of hydrogen-bond acceptors (Lipinski definition) is 7. The zero-order chi connectivity index (χ0) is 28.1. The van der Waals surface area contributed by atoms with Gasteiger partial charge >= 0.3 is 0 Å². The Morgan fingerprint density at radius 1 is 1.00 bits per heavy atom. The first kappa shape index (κ1) is 30.4. The number of unbranched alkanes of at least 4 members (excludes halogenated alkanes) is 1. The maximum atomic E-state index is 13.2. The highest BCUT2D eigenvalue weighted by molar-refractivity contribution is 5.94. The first-order chi connectivity index (χ1) is 18.1. The minimum atomic E-state index is -0.958. The number of aliphatic imine (C=N–C) groups is 1. The van der Waals surface area contributed by atoms with E-state index in [4.69, 9.17) is 22.9 Å². The normalized spacial score (nSPS) is 16.3. The van der Waals surface area contributed by atoms with Crippen molar-refractivity contribution in [1.82, 2.24) is 15.5 Å². The van der Waals surface area contributed by atoms with Crippen molar-refractivity contribution in [1.29, 1.82) is 0 Å². The van der Waals surface area contributed by atoms with Gasteiger partial charge in [0, 0.05) is 13.1 Å². The number of hydrogen-bond donors (Lipinski definition) is 7. The number of nitrogens with two attached hydrogens (primary N) is 4. The lowest BCUT2D eigenvalue weighted by Gasteiger charge is -2.27. The first-order valence-electron chi connectivity index (χ1n) is 12.8. The van der Waals surface area contributed by atoms with Crippen LogP contribution in [0.1, 0.15) is 50.5 Å². The Kier molecular flexibility index (Phi) is 12.3. The highest BCUT2D eigenvalue weighted by atomic mass is 16.3. The van der Waals surface area contributed by atoms with Gasteiger partial charge in [0.2, 0.25) is 23.6 Å². The summed E-state index contributed by atoms with van der Waals surface area (Å²) in [6.45, 7) is 1.13. The van der Waals surface area contributed by atoms with Crippen LogP contribution in [0.5, 0.6) is 5.75 Å². The molecule has 13 nitrogen and oxygen atoms in total. The van der Waals surface area contributed by atoms with E-state index in [1.807, 2.05) is 0 Å². The first-order valence-corrected chi connectivity index (χ1v) is 12.8. The number of carbonyl (C=O) groups excluding carboxylic acids is 4. The number of aromatic hydroxyl groups is 1. The summed E-state index contributed by atoms with van der Waals surface area (Å²) < 4.78 is 0. The number of amides is 4. The van der Waals surface area contributed by atoms with Crippen LogP contribution < -0.4 is 33.6 Å². The van der Waals surface area contributed by atoms with Gasteiger partial charge in [-0.2, -0.15) is 0 Å². The van der Waals surface area contributed by atoms with Gasteiger partial charge in [0.1, 0.15) is 23.9 Å². The van der Waals surface area contributed by atoms with Gasteiger partial charge in [0.15, 0.2) is 5.96 Å². The molecular formula is C25H40N8O5. The van der Waals surface area contributed by atoms with Crippen LogP contribution in [0.15, 0.2) is 29.3 Å². The summed E-state index contributed by atoms with van der Waals surface area (Å²) in [7, 11) is 0. The average molecular weight is 533 g/mol. The number of carbonyl (C=O) groups is 4. The molecule has 0 saturated carbocycles. The second-order valence-electron chi connectivity index (χ2n) is 9.35. The maximum Gasteiger partial charge on any atom is 0.243 e. The predicted octanol–water partition coefficient (Wildman–Crippen LogP) is -1.44. The van der Waals surface area contributed by atoms with Crippen molar-refractivity contribution in [2.45, 2.75) is 69.5 Å². The van der Waals surface area contributed by atoms with E-state index in [-0.39, 0.29) is 37.0 Å². The van der Waals surface area contributed by atoms with Gasteiger partial charge in [-0.1, -0.05) is 12.1 Å². The molecule has 1 aromatic rings. The Hall–Kier alpha value is -3.87. The molecule has 0 bridgehead atoms. The number of phenols is 1. The maximum absolute atomic E-state index is 13.2. The highest BCUT2D eigenvalue weighted by Gasteiger charge is 2.36. The van der Waals surface area contributed by atoms with Gasteiger partial charge in [-0.25, -0.2) is 0 Å². The van der Waals surface area contributed by atoms with E-state index < -0.39 is 35.8 Å². The molecule has 1 saturated heterocycles. The molecule has 3 atom stereocenters. The summed E-state index contributed by atoms with van der Waals surface area (Å²) in [4.78, 5) is 56.6. The lowest BCUT2D eigenvalue weighted by Crippen LogP contribution is -2.56. The molecule has 2 rings (SSSR count). The van der Waals surface area contributed by atoms with Gasteiger partial charge in [-0.15, -0.1) is 0 Å². The van der Waals surface area contributed by atoms with Crippen LogP contribution in [0.2, 0.25) is 0 Å². The van der Waals surface area contributed by atoms with Crippen LogP contribution in [0.3, 0.4) is 0 Å². The van der Waals surface area contributed by atoms with Crippen LogP contribution in [0, 0.1) is 0 Å². The molecule has 1 aromatic carbocycles. The van der Waals surface area contributed by atoms with Crippen molar-refractivity contribution in [3.05, 3.63) is 29.8 Å². The molecule has 1 fully saturated rings. The lowest BCUT2D eigenvalue weighted by atomic mass is 10.1. The third-order valence-corrected chi connectivity index (χ3v) is 6.35. The van der Waals surface area contributed by atoms with Crippen LogP contribution in [0.4, 0.5) is 0 Å². The molecule has 0 aromatic heterocycles. The molecule has 38 heavy (non-hydrogen) atoms. The molecule has 1 heterocycles. The summed E-state index contributed by atoms with van der Waals surface area (Å²) in [6, 6.07) is 3.72. The summed E-state index contributed by atoms with van der Waals surface area (Å²) in [5, 5.41) is 14.9. The number of phenolic OH excluding ortho intramolecular Hbond substituents is 1. The fourth-order valence-electron chi connectivity index (χ4n) is 4.32. The fraction of sp³-hybridized carbons (Fsp3) is 0.560. The van der Waals surface area contributed by atoms with E-state index >= 15 is 0 Å². The van der Waals surface area contributed by atoms with Gasteiger partial charge in [0.05, 0.1) is 6.42 Å². The quantitative estimate of drug-likeness (QED) is 0.0801. The second-order valence-corrected chi connectivity index (χ2v) is 9.35. The number of rotatable bonds is 15. The Labute approximate surface area is 222 Å². The van der Waals surface area contributed by atoms with E-state index in [0.29, 0.717) is 51.6 Å². The van der Waals surface area contributed by atoms with Gasteiger partial charge < -0.3 is 43.6 Å². The van der Waals surface area contributed by atoms with Crippen LogP contribution >= 0.6 is 0 Å². The molecule has 0 radical (unpaired) electrons. The Bertz CT molecular complexity index is 980. The average Bonchev–Trinajstić information content (AvgIpc) is 3.36. The van der Waals surface area contributed by atoms with E-state index in [9.17, 15) is 24.3 Å². The van der Waals surface area contributed by atoms with Gasteiger partial charge in [-0.3, -0.25) is 24.2 Å². The summed E-state index contributed by atoms with van der Waals surface area (Å²) in [6.07, 6.45) is 3.39. The standard InChI is InChI=1S/C25H40N8O5/c26-12-2-1-5-19(23(37)31-18(22(27)36)6-3-13-30-25(28)29)32-24(38)20-7-4-14-33(20)21(35)15-16-8-10-17(34)11-9-16/h8-11,18-20,34H,1-7,12-15,26H2,(H2,27,36)(H,31,37)(H,32,38)(H4,28,29,30)/t18-,19-,20-/m0/s1. The Morgan fingerprint density at radius 2 is 1.68 bits per heavy atom. The van der Waals surface area contributed by atoms with Crippen molar-refractivity contribution in [3.8, 4) is 5.75 Å². The van der Waals surface area contributed by atoms with Crippen molar-refractivity contribution in [2.75, 3.05) is 19.6 Å². The van der Waals surface area contributed by atoms with Crippen molar-refractivity contribution in [2.24, 2.45) is 27.9 Å². The molecular weight excluding hydrogens is 492 g/mol.